The van der Waals surface area contributed by atoms with Gasteiger partial charge in [-0.25, -0.2) is 4.39 Å². The number of hydrogen-bond acceptors (Lipinski definition) is 2. The average molecular weight is 262 g/mol. The number of nitrogens with two attached hydrogens (primary N) is 1. The Morgan fingerprint density at radius 2 is 2.00 bits per heavy atom. The van der Waals surface area contributed by atoms with Gasteiger partial charge in [0, 0.05) is 19.1 Å². The van der Waals surface area contributed by atoms with Gasteiger partial charge in [-0.3, -0.25) is 0 Å². The molecular weight excluding hydrogens is 248 g/mol. The SMILES string of the molecule is NC1CCCN(c2cc(C(F)(F)F)ccc2F)C1. The molecule has 1 aliphatic heterocycles. The molecule has 2 N–H and O–H groups in total. The van der Waals surface area contributed by atoms with Crippen LogP contribution in [0.15, 0.2) is 18.2 Å². The Morgan fingerprint density at radius 3 is 2.61 bits per heavy atom. The molecule has 1 heterocycles. The van der Waals surface area contributed by atoms with Crippen LogP contribution < -0.4 is 10.6 Å². The average Bonchev–Trinajstić information content (AvgIpc) is 2.28. The molecule has 0 radical (unpaired) electrons. The lowest BCUT2D eigenvalue weighted by molar-refractivity contribution is -0.137. The van der Waals surface area contributed by atoms with Crippen LogP contribution in [0.4, 0.5) is 23.2 Å². The zero-order valence-electron chi connectivity index (χ0n) is 9.67. The Bertz CT molecular complexity index is 431. The van der Waals surface area contributed by atoms with Crippen LogP contribution in [0.3, 0.4) is 0 Å². The molecule has 0 amide bonds. The third kappa shape index (κ3) is 2.75. The van der Waals surface area contributed by atoms with Gasteiger partial charge in [-0.1, -0.05) is 0 Å². The minimum absolute atomic E-state index is 0.0139. The minimum atomic E-state index is -4.46. The summed E-state index contributed by atoms with van der Waals surface area (Å²) in [6, 6.07) is 2.35. The summed E-state index contributed by atoms with van der Waals surface area (Å²) in [6.07, 6.45) is -2.88. The fraction of sp³-hybridized carbons (Fsp3) is 0.500. The molecule has 1 aliphatic rings. The molecule has 1 fully saturated rings. The van der Waals surface area contributed by atoms with E-state index in [1.54, 1.807) is 4.90 Å². The van der Waals surface area contributed by atoms with Crippen LogP contribution in [0.1, 0.15) is 18.4 Å². The van der Waals surface area contributed by atoms with Crippen LogP contribution in [0.2, 0.25) is 0 Å². The molecule has 0 bridgehead atoms. The van der Waals surface area contributed by atoms with Gasteiger partial charge in [0.05, 0.1) is 11.3 Å². The predicted molar refractivity (Wildman–Crippen MR) is 60.8 cm³/mol. The van der Waals surface area contributed by atoms with Crippen LogP contribution in [-0.4, -0.2) is 19.1 Å². The van der Waals surface area contributed by atoms with Crippen molar-refractivity contribution in [3.63, 3.8) is 0 Å². The van der Waals surface area contributed by atoms with Gasteiger partial charge in [0.15, 0.2) is 0 Å². The Balaban J connectivity index is 2.31. The first-order valence-electron chi connectivity index (χ1n) is 5.75. The molecule has 0 aliphatic carbocycles. The van der Waals surface area contributed by atoms with E-state index in [1.807, 2.05) is 0 Å². The lowest BCUT2D eigenvalue weighted by atomic mass is 10.0. The van der Waals surface area contributed by atoms with E-state index < -0.39 is 17.6 Å². The van der Waals surface area contributed by atoms with Crippen molar-refractivity contribution >= 4 is 5.69 Å². The Kier molecular flexibility index (Phi) is 3.47. The molecule has 0 spiro atoms. The van der Waals surface area contributed by atoms with E-state index in [0.29, 0.717) is 13.1 Å². The van der Waals surface area contributed by atoms with Crippen LogP contribution in [-0.2, 0) is 6.18 Å². The molecule has 0 saturated carbocycles. The van der Waals surface area contributed by atoms with Crippen LogP contribution in [0.5, 0.6) is 0 Å². The third-order valence-corrected chi connectivity index (χ3v) is 3.07. The predicted octanol–water partition coefficient (Wildman–Crippen LogP) is 2.77. The number of anilines is 1. The summed E-state index contributed by atoms with van der Waals surface area (Å²) in [5.74, 6) is -0.642. The molecule has 2 nitrogen and oxygen atoms in total. The van der Waals surface area contributed by atoms with Crippen molar-refractivity contribution in [3.8, 4) is 0 Å². The summed E-state index contributed by atoms with van der Waals surface area (Å²) < 4.78 is 51.4. The van der Waals surface area contributed by atoms with Crippen molar-refractivity contribution in [3.05, 3.63) is 29.6 Å². The van der Waals surface area contributed by atoms with Crippen molar-refractivity contribution in [2.24, 2.45) is 5.73 Å². The molecule has 2 rings (SSSR count). The summed E-state index contributed by atoms with van der Waals surface area (Å²) in [6.45, 7) is 0.921. The zero-order valence-corrected chi connectivity index (χ0v) is 9.67. The molecule has 100 valence electrons. The first kappa shape index (κ1) is 13.1. The fourth-order valence-electron chi connectivity index (χ4n) is 2.16. The van der Waals surface area contributed by atoms with Crippen LogP contribution >= 0.6 is 0 Å². The monoisotopic (exact) mass is 262 g/mol. The highest BCUT2D eigenvalue weighted by molar-refractivity contribution is 5.51. The third-order valence-electron chi connectivity index (χ3n) is 3.07. The zero-order chi connectivity index (χ0) is 13.3. The first-order valence-corrected chi connectivity index (χ1v) is 5.75. The largest absolute Gasteiger partial charge is 0.416 e. The maximum Gasteiger partial charge on any atom is 0.416 e. The second-order valence-electron chi connectivity index (χ2n) is 4.51. The van der Waals surface area contributed by atoms with Gasteiger partial charge in [0.2, 0.25) is 0 Å². The van der Waals surface area contributed by atoms with E-state index in [4.69, 9.17) is 5.73 Å². The number of nitrogens with zero attached hydrogens (tertiary/aromatic N) is 1. The van der Waals surface area contributed by atoms with E-state index in [-0.39, 0.29) is 11.7 Å². The number of hydrogen-bond donors (Lipinski definition) is 1. The van der Waals surface area contributed by atoms with Gasteiger partial charge < -0.3 is 10.6 Å². The summed E-state index contributed by atoms with van der Waals surface area (Å²) in [5.41, 5.74) is 4.90. The molecule has 1 aromatic rings. The van der Waals surface area contributed by atoms with Crippen LogP contribution in [0.25, 0.3) is 0 Å². The fourth-order valence-corrected chi connectivity index (χ4v) is 2.16. The summed E-state index contributed by atoms with van der Waals surface area (Å²) in [7, 11) is 0. The van der Waals surface area contributed by atoms with Gasteiger partial charge >= 0.3 is 6.18 Å². The standard InChI is InChI=1S/C12H14F4N2/c13-10-4-3-8(12(14,15)16)6-11(10)18-5-1-2-9(17)7-18/h3-4,6,9H,1-2,5,7,17H2. The summed E-state index contributed by atoms with van der Waals surface area (Å²) in [4.78, 5) is 1.58. The van der Waals surface area contributed by atoms with E-state index >= 15 is 0 Å². The highest BCUT2D eigenvalue weighted by atomic mass is 19.4. The Labute approximate surface area is 102 Å². The van der Waals surface area contributed by atoms with Gasteiger partial charge in [-0.05, 0) is 31.0 Å². The highest BCUT2D eigenvalue weighted by Crippen LogP contribution is 2.33. The van der Waals surface area contributed by atoms with Gasteiger partial charge in [0.25, 0.3) is 0 Å². The van der Waals surface area contributed by atoms with Gasteiger partial charge in [0.1, 0.15) is 5.82 Å². The van der Waals surface area contributed by atoms with Crippen molar-refractivity contribution in [1.82, 2.24) is 0 Å². The molecule has 6 heteroatoms. The van der Waals surface area contributed by atoms with E-state index in [1.165, 1.54) is 0 Å². The second kappa shape index (κ2) is 4.76. The molecule has 1 atom stereocenters. The quantitative estimate of drug-likeness (QED) is 0.788. The lowest BCUT2D eigenvalue weighted by Gasteiger charge is -2.33. The van der Waals surface area contributed by atoms with Crippen molar-refractivity contribution in [2.75, 3.05) is 18.0 Å². The molecule has 1 aromatic carbocycles. The number of alkyl halides is 3. The highest BCUT2D eigenvalue weighted by Gasteiger charge is 2.32. The smallest absolute Gasteiger partial charge is 0.368 e. The van der Waals surface area contributed by atoms with Crippen LogP contribution in [0, 0.1) is 5.82 Å². The second-order valence-corrected chi connectivity index (χ2v) is 4.51. The summed E-state index contributed by atoms with van der Waals surface area (Å²) in [5, 5.41) is 0. The Hall–Kier alpha value is -1.30. The van der Waals surface area contributed by atoms with E-state index in [0.717, 1.165) is 31.0 Å². The van der Waals surface area contributed by atoms with Gasteiger partial charge in [-0.15, -0.1) is 0 Å². The number of halogens is 4. The van der Waals surface area contributed by atoms with Crippen molar-refractivity contribution < 1.29 is 17.6 Å². The number of rotatable bonds is 1. The normalized spacial score (nSPS) is 21.2. The van der Waals surface area contributed by atoms with Crippen molar-refractivity contribution in [1.29, 1.82) is 0 Å². The van der Waals surface area contributed by atoms with Gasteiger partial charge in [-0.2, -0.15) is 13.2 Å². The summed E-state index contributed by atoms with van der Waals surface area (Å²) >= 11 is 0. The Morgan fingerprint density at radius 1 is 1.28 bits per heavy atom. The maximum atomic E-state index is 13.6. The molecule has 1 saturated heterocycles. The molecule has 1 unspecified atom stereocenters. The number of benzene rings is 1. The molecule has 18 heavy (non-hydrogen) atoms. The molecule has 0 aromatic heterocycles. The first-order chi connectivity index (χ1) is 8.38. The maximum absolute atomic E-state index is 13.6. The van der Waals surface area contributed by atoms with E-state index in [9.17, 15) is 17.6 Å². The lowest BCUT2D eigenvalue weighted by Crippen LogP contribution is -2.43. The van der Waals surface area contributed by atoms with Crippen molar-refractivity contribution in [2.45, 2.75) is 25.1 Å². The minimum Gasteiger partial charge on any atom is -0.368 e. The number of piperidine rings is 1. The van der Waals surface area contributed by atoms with E-state index in [2.05, 4.69) is 0 Å². The molecular formula is C12H14F4N2. The topological polar surface area (TPSA) is 29.3 Å².